The maximum atomic E-state index is 12.9. The van der Waals surface area contributed by atoms with E-state index < -0.39 is 6.10 Å². The summed E-state index contributed by atoms with van der Waals surface area (Å²) in [5.41, 5.74) is 0. The molecule has 0 aromatic heterocycles. The monoisotopic (exact) mass is 1010 g/mol. The average Bonchev–Trinajstić information content (AvgIpc) is 3.38. The minimum atomic E-state index is -0.782. The van der Waals surface area contributed by atoms with Crippen molar-refractivity contribution >= 4 is 17.9 Å². The number of allylic oxidation sites excluding steroid dienone is 10. The zero-order valence-corrected chi connectivity index (χ0v) is 47.9. The van der Waals surface area contributed by atoms with E-state index in [0.29, 0.717) is 19.3 Å². The van der Waals surface area contributed by atoms with Crippen LogP contribution in [0.4, 0.5) is 0 Å². The summed E-state index contributed by atoms with van der Waals surface area (Å²) >= 11 is 0. The van der Waals surface area contributed by atoms with Gasteiger partial charge in [0.1, 0.15) is 13.2 Å². The Morgan fingerprint density at radius 1 is 0.278 bits per heavy atom. The fraction of sp³-hybridized carbons (Fsp3) is 0.803. The molecule has 0 radical (unpaired) electrons. The lowest BCUT2D eigenvalue weighted by Crippen LogP contribution is -2.30. The van der Waals surface area contributed by atoms with E-state index in [1.807, 2.05) is 0 Å². The SMILES string of the molecule is CCC/C=C\C/C=C\CCCCCCCC(=O)OCC(COC(=O)CCCCCCCCCC/C=C\C/C=C\C/C=C\CCCCCCC)OC(=O)CCCCCCCCCCCCCCCCCCCC. The first kappa shape index (κ1) is 69.1. The fourth-order valence-corrected chi connectivity index (χ4v) is 9.02. The fourth-order valence-electron chi connectivity index (χ4n) is 9.02. The lowest BCUT2D eigenvalue weighted by Gasteiger charge is -2.18. The zero-order valence-electron chi connectivity index (χ0n) is 47.9. The van der Waals surface area contributed by atoms with Gasteiger partial charge in [0.25, 0.3) is 0 Å². The average molecular weight is 1010 g/mol. The summed E-state index contributed by atoms with van der Waals surface area (Å²) in [6, 6.07) is 0. The number of hydrogen-bond acceptors (Lipinski definition) is 6. The molecule has 6 nitrogen and oxygen atoms in total. The van der Waals surface area contributed by atoms with E-state index in [2.05, 4.69) is 81.5 Å². The van der Waals surface area contributed by atoms with E-state index >= 15 is 0 Å². The van der Waals surface area contributed by atoms with Crippen molar-refractivity contribution in [1.82, 2.24) is 0 Å². The minimum Gasteiger partial charge on any atom is -0.462 e. The molecule has 0 bridgehead atoms. The topological polar surface area (TPSA) is 78.9 Å². The molecule has 0 aliphatic carbocycles. The maximum Gasteiger partial charge on any atom is 0.306 e. The molecular formula is C66H118O6. The van der Waals surface area contributed by atoms with Gasteiger partial charge in [0.15, 0.2) is 6.10 Å². The zero-order chi connectivity index (χ0) is 52.2. The third-order valence-corrected chi connectivity index (χ3v) is 13.7. The van der Waals surface area contributed by atoms with Crippen LogP contribution in [0.3, 0.4) is 0 Å². The molecule has 0 N–H and O–H groups in total. The van der Waals surface area contributed by atoms with Gasteiger partial charge in [0.2, 0.25) is 0 Å². The summed E-state index contributed by atoms with van der Waals surface area (Å²) in [6.45, 7) is 6.59. The van der Waals surface area contributed by atoms with Gasteiger partial charge in [-0.15, -0.1) is 0 Å². The molecule has 0 aromatic rings. The lowest BCUT2D eigenvalue weighted by atomic mass is 10.0. The van der Waals surface area contributed by atoms with Gasteiger partial charge in [-0.3, -0.25) is 14.4 Å². The Bertz CT molecular complexity index is 1290. The van der Waals surface area contributed by atoms with Crippen LogP contribution >= 0.6 is 0 Å². The maximum absolute atomic E-state index is 12.9. The molecule has 72 heavy (non-hydrogen) atoms. The number of unbranched alkanes of at least 4 members (excludes halogenated alkanes) is 36. The molecule has 0 rings (SSSR count). The van der Waals surface area contributed by atoms with Gasteiger partial charge in [0.05, 0.1) is 0 Å². The first-order valence-electron chi connectivity index (χ1n) is 31.3. The molecule has 0 aliphatic heterocycles. The van der Waals surface area contributed by atoms with Crippen LogP contribution in [-0.4, -0.2) is 37.2 Å². The Hall–Kier alpha value is -2.89. The minimum absolute atomic E-state index is 0.0801. The molecule has 418 valence electrons. The van der Waals surface area contributed by atoms with Crippen molar-refractivity contribution in [3.05, 3.63) is 60.8 Å². The molecule has 1 unspecified atom stereocenters. The second-order valence-electron chi connectivity index (χ2n) is 21.0. The first-order valence-corrected chi connectivity index (χ1v) is 31.3. The van der Waals surface area contributed by atoms with Gasteiger partial charge < -0.3 is 14.2 Å². The summed E-state index contributed by atoms with van der Waals surface area (Å²) in [7, 11) is 0. The van der Waals surface area contributed by atoms with Crippen molar-refractivity contribution in [2.24, 2.45) is 0 Å². The van der Waals surface area contributed by atoms with E-state index in [0.717, 1.165) is 103 Å². The second kappa shape index (κ2) is 60.7. The predicted octanol–water partition coefficient (Wildman–Crippen LogP) is 21.2. The van der Waals surface area contributed by atoms with Crippen LogP contribution < -0.4 is 0 Å². The van der Waals surface area contributed by atoms with Crippen LogP contribution in [0.5, 0.6) is 0 Å². The molecule has 0 saturated heterocycles. The van der Waals surface area contributed by atoms with E-state index in [1.165, 1.54) is 180 Å². The van der Waals surface area contributed by atoms with Gasteiger partial charge in [-0.25, -0.2) is 0 Å². The van der Waals surface area contributed by atoms with Gasteiger partial charge in [0, 0.05) is 19.3 Å². The normalized spacial score (nSPS) is 12.4. The smallest absolute Gasteiger partial charge is 0.306 e. The van der Waals surface area contributed by atoms with E-state index in [1.54, 1.807) is 0 Å². The number of esters is 3. The van der Waals surface area contributed by atoms with Gasteiger partial charge in [-0.1, -0.05) is 281 Å². The van der Waals surface area contributed by atoms with Crippen molar-refractivity contribution in [3.63, 3.8) is 0 Å². The Labute approximate surface area is 447 Å². The highest BCUT2D eigenvalue weighted by molar-refractivity contribution is 5.71. The Balaban J connectivity index is 4.33. The highest BCUT2D eigenvalue weighted by Crippen LogP contribution is 2.17. The van der Waals surface area contributed by atoms with Crippen LogP contribution in [0.25, 0.3) is 0 Å². The number of hydrogen-bond donors (Lipinski definition) is 0. The van der Waals surface area contributed by atoms with E-state index in [9.17, 15) is 14.4 Å². The van der Waals surface area contributed by atoms with Crippen molar-refractivity contribution in [3.8, 4) is 0 Å². The van der Waals surface area contributed by atoms with Crippen molar-refractivity contribution in [1.29, 1.82) is 0 Å². The molecule has 0 heterocycles. The summed E-state index contributed by atoms with van der Waals surface area (Å²) in [6.07, 6.45) is 76.5. The standard InChI is InChI=1S/C66H118O6/c1-4-7-10-13-16-19-22-25-27-29-31-32-33-34-35-37-38-41-44-47-50-53-56-59-65(68)71-62-63(61-70-64(67)58-55-52-49-46-43-40-24-21-18-15-12-9-6-3)72-66(69)60-57-54-51-48-45-42-39-36-30-28-26-23-20-17-14-11-8-5-2/h12,15,21-22,24-25,29,31,33-34,63H,4-11,13-14,16-20,23,26-28,30,32,35-62H2,1-3H3/b15-12-,24-21-,25-22-,31-29-,34-33-. The van der Waals surface area contributed by atoms with Crippen LogP contribution in [0.2, 0.25) is 0 Å². The Kier molecular flexibility index (Phi) is 58.2. The Morgan fingerprint density at radius 2 is 0.528 bits per heavy atom. The molecule has 0 aromatic carbocycles. The second-order valence-corrected chi connectivity index (χ2v) is 21.0. The summed E-state index contributed by atoms with van der Waals surface area (Å²) in [4.78, 5) is 38.2. The molecule has 1 atom stereocenters. The van der Waals surface area contributed by atoms with Crippen LogP contribution in [0, 0.1) is 0 Å². The molecule has 0 saturated carbocycles. The number of carbonyl (C=O) groups is 3. The van der Waals surface area contributed by atoms with Gasteiger partial charge >= 0.3 is 17.9 Å². The van der Waals surface area contributed by atoms with Crippen LogP contribution in [0.15, 0.2) is 60.8 Å². The lowest BCUT2D eigenvalue weighted by molar-refractivity contribution is -0.167. The highest BCUT2D eigenvalue weighted by Gasteiger charge is 2.19. The molecule has 0 aliphatic rings. The molecular weight excluding hydrogens is 889 g/mol. The first-order chi connectivity index (χ1) is 35.5. The van der Waals surface area contributed by atoms with E-state index in [4.69, 9.17) is 14.2 Å². The largest absolute Gasteiger partial charge is 0.462 e. The molecule has 0 amide bonds. The number of carbonyl (C=O) groups excluding carboxylic acids is 3. The summed E-state index contributed by atoms with van der Waals surface area (Å²) in [5, 5.41) is 0. The van der Waals surface area contributed by atoms with Crippen molar-refractivity contribution in [2.45, 2.75) is 329 Å². The third-order valence-electron chi connectivity index (χ3n) is 13.7. The predicted molar refractivity (Wildman–Crippen MR) is 312 cm³/mol. The van der Waals surface area contributed by atoms with Gasteiger partial charge in [-0.05, 0) is 83.5 Å². The van der Waals surface area contributed by atoms with Crippen molar-refractivity contribution in [2.75, 3.05) is 13.2 Å². The summed E-state index contributed by atoms with van der Waals surface area (Å²) < 4.78 is 16.9. The number of ether oxygens (including phenoxy) is 3. The number of rotatable bonds is 57. The molecule has 0 spiro atoms. The van der Waals surface area contributed by atoms with Crippen LogP contribution in [-0.2, 0) is 28.6 Å². The van der Waals surface area contributed by atoms with Crippen LogP contribution in [0.1, 0.15) is 323 Å². The molecule has 0 fully saturated rings. The highest BCUT2D eigenvalue weighted by atomic mass is 16.6. The van der Waals surface area contributed by atoms with E-state index in [-0.39, 0.29) is 31.1 Å². The third kappa shape index (κ3) is 58.0. The summed E-state index contributed by atoms with van der Waals surface area (Å²) in [5.74, 6) is -0.884. The van der Waals surface area contributed by atoms with Crippen molar-refractivity contribution < 1.29 is 28.6 Å². The molecule has 6 heteroatoms. The quantitative estimate of drug-likeness (QED) is 0.0261. The van der Waals surface area contributed by atoms with Gasteiger partial charge in [-0.2, -0.15) is 0 Å². The Morgan fingerprint density at radius 3 is 0.833 bits per heavy atom.